The predicted octanol–water partition coefficient (Wildman–Crippen LogP) is 4.58. The molecule has 0 aliphatic carbocycles. The van der Waals surface area contributed by atoms with Gasteiger partial charge >= 0.3 is 0 Å². The van der Waals surface area contributed by atoms with Crippen LogP contribution in [0.15, 0.2) is 66.7 Å². The number of rotatable bonds is 7. The van der Waals surface area contributed by atoms with Gasteiger partial charge in [-0.05, 0) is 36.1 Å². The molecule has 0 aliphatic heterocycles. The zero-order valence-corrected chi connectivity index (χ0v) is 15.7. The summed E-state index contributed by atoms with van der Waals surface area (Å²) in [5.41, 5.74) is 1.81. The van der Waals surface area contributed by atoms with Crippen molar-refractivity contribution in [3.05, 3.63) is 89.0 Å². The zero-order valence-electron chi connectivity index (χ0n) is 15.7. The van der Waals surface area contributed by atoms with E-state index < -0.39 is 17.3 Å². The lowest BCUT2D eigenvalue weighted by atomic mass is 9.97. The van der Waals surface area contributed by atoms with E-state index in [0.717, 1.165) is 17.2 Å². The molecule has 3 aromatic rings. The lowest BCUT2D eigenvalue weighted by Gasteiger charge is -2.12. The van der Waals surface area contributed by atoms with Crippen molar-refractivity contribution in [1.82, 2.24) is 0 Å². The fraction of sp³-hybridized carbons (Fsp3) is 0.125. The molecule has 0 unspecified atom stereocenters. The maximum atomic E-state index is 12.6. The van der Waals surface area contributed by atoms with Crippen molar-refractivity contribution in [3.8, 4) is 23.0 Å². The molecule has 4 N–H and O–H groups in total. The molecule has 0 aromatic heterocycles. The first-order chi connectivity index (χ1) is 14.0. The van der Waals surface area contributed by atoms with E-state index in [1.165, 1.54) is 0 Å². The van der Waals surface area contributed by atoms with Crippen molar-refractivity contribution >= 4 is 11.9 Å². The van der Waals surface area contributed by atoms with Crippen LogP contribution in [0.1, 0.15) is 33.5 Å². The molecule has 0 spiro atoms. The number of phenolic OH excluding ortho intramolecular Hbond substituents is 4. The summed E-state index contributed by atoms with van der Waals surface area (Å²) in [5.74, 6) is -1.36. The van der Waals surface area contributed by atoms with Crippen LogP contribution in [-0.4, -0.2) is 26.2 Å². The Hall–Kier alpha value is -3.73. The van der Waals surface area contributed by atoms with Crippen molar-refractivity contribution in [2.45, 2.75) is 19.3 Å². The summed E-state index contributed by atoms with van der Waals surface area (Å²) in [7, 11) is 0. The van der Waals surface area contributed by atoms with E-state index in [4.69, 9.17) is 0 Å². The van der Waals surface area contributed by atoms with E-state index in [0.29, 0.717) is 6.42 Å². The smallest absolute Gasteiger partial charge is 0.170 e. The normalized spacial score (nSPS) is 11.0. The van der Waals surface area contributed by atoms with Crippen molar-refractivity contribution < 1.29 is 25.2 Å². The molecule has 3 aromatic carbocycles. The molecule has 0 radical (unpaired) electrons. The minimum Gasteiger partial charge on any atom is -0.508 e. The van der Waals surface area contributed by atoms with Crippen LogP contribution in [0.5, 0.6) is 23.0 Å². The third-order valence-corrected chi connectivity index (χ3v) is 4.65. The number of benzene rings is 3. The summed E-state index contributed by atoms with van der Waals surface area (Å²) >= 11 is 0. The maximum Gasteiger partial charge on any atom is 0.170 e. The highest BCUT2D eigenvalue weighted by Crippen LogP contribution is 2.38. The molecular formula is C24H22O5. The van der Waals surface area contributed by atoms with Crippen molar-refractivity contribution in [1.29, 1.82) is 0 Å². The molecule has 0 fully saturated rings. The second-order valence-electron chi connectivity index (χ2n) is 6.72. The minimum atomic E-state index is -0.440. The molecule has 5 heteroatoms. The van der Waals surface area contributed by atoms with Crippen LogP contribution < -0.4 is 0 Å². The van der Waals surface area contributed by atoms with Crippen LogP contribution in [0, 0.1) is 0 Å². The number of ketones is 1. The fourth-order valence-corrected chi connectivity index (χ4v) is 3.08. The van der Waals surface area contributed by atoms with Gasteiger partial charge in [0.25, 0.3) is 0 Å². The van der Waals surface area contributed by atoms with Gasteiger partial charge in [0.2, 0.25) is 0 Å². The summed E-state index contributed by atoms with van der Waals surface area (Å²) in [6, 6.07) is 17.1. The van der Waals surface area contributed by atoms with Gasteiger partial charge in [-0.2, -0.15) is 0 Å². The molecule has 0 bridgehead atoms. The first-order valence-corrected chi connectivity index (χ1v) is 9.25. The number of aromatic hydroxyl groups is 4. The van der Waals surface area contributed by atoms with E-state index in [9.17, 15) is 25.2 Å². The van der Waals surface area contributed by atoms with E-state index in [-0.39, 0.29) is 35.5 Å². The third-order valence-electron chi connectivity index (χ3n) is 4.65. The average molecular weight is 390 g/mol. The molecule has 148 valence electrons. The van der Waals surface area contributed by atoms with Crippen LogP contribution >= 0.6 is 0 Å². The van der Waals surface area contributed by atoms with Crippen LogP contribution in [0.2, 0.25) is 0 Å². The number of phenols is 4. The highest BCUT2D eigenvalue weighted by molar-refractivity contribution is 6.02. The minimum absolute atomic E-state index is 0.124. The summed E-state index contributed by atoms with van der Waals surface area (Å²) in [6.07, 6.45) is 4.25. The van der Waals surface area contributed by atoms with Crippen LogP contribution in [0.4, 0.5) is 0 Å². The van der Waals surface area contributed by atoms with Crippen molar-refractivity contribution in [3.63, 3.8) is 0 Å². The van der Waals surface area contributed by atoms with Crippen molar-refractivity contribution in [2.75, 3.05) is 0 Å². The van der Waals surface area contributed by atoms with Gasteiger partial charge in [-0.25, -0.2) is 0 Å². The highest BCUT2D eigenvalue weighted by Gasteiger charge is 2.22. The van der Waals surface area contributed by atoms with E-state index in [1.54, 1.807) is 36.4 Å². The van der Waals surface area contributed by atoms with E-state index in [2.05, 4.69) is 0 Å². The Labute approximate surface area is 168 Å². The number of aryl methyl sites for hydroxylation is 1. The Kier molecular flexibility index (Phi) is 6.19. The van der Waals surface area contributed by atoms with Gasteiger partial charge in [-0.15, -0.1) is 0 Å². The van der Waals surface area contributed by atoms with Gasteiger partial charge in [0, 0.05) is 18.1 Å². The predicted molar refractivity (Wildman–Crippen MR) is 111 cm³/mol. The number of allylic oxidation sites excluding steroid dienone is 1. The quantitative estimate of drug-likeness (QED) is 0.443. The number of carbonyl (C=O) groups excluding carboxylic acids is 1. The summed E-state index contributed by atoms with van der Waals surface area (Å²) in [4.78, 5) is 12.6. The molecule has 3 rings (SSSR count). The average Bonchev–Trinajstić information content (AvgIpc) is 2.71. The van der Waals surface area contributed by atoms with Gasteiger partial charge in [-0.1, -0.05) is 54.6 Å². The molecule has 29 heavy (non-hydrogen) atoms. The Bertz CT molecular complexity index is 1020. The topological polar surface area (TPSA) is 98.0 Å². The molecule has 0 amide bonds. The van der Waals surface area contributed by atoms with Crippen LogP contribution in [0.25, 0.3) is 6.08 Å². The zero-order chi connectivity index (χ0) is 20.8. The highest BCUT2D eigenvalue weighted by atomic mass is 16.3. The monoisotopic (exact) mass is 390 g/mol. The molecule has 0 saturated carbocycles. The lowest BCUT2D eigenvalue weighted by Crippen LogP contribution is -2.04. The van der Waals surface area contributed by atoms with E-state index >= 15 is 0 Å². The molecule has 0 saturated heterocycles. The summed E-state index contributed by atoms with van der Waals surface area (Å²) in [5, 5.41) is 40.1. The number of Topliss-reactive ketones (excluding diaryl/α,β-unsaturated/α-hetero) is 1. The molecule has 0 atom stereocenters. The fourth-order valence-electron chi connectivity index (χ4n) is 3.08. The Morgan fingerprint density at radius 3 is 2.24 bits per heavy atom. The van der Waals surface area contributed by atoms with Crippen LogP contribution in [0.3, 0.4) is 0 Å². The van der Waals surface area contributed by atoms with Gasteiger partial charge in [0.05, 0.1) is 0 Å². The maximum absolute atomic E-state index is 12.6. The first kappa shape index (κ1) is 20.0. The Morgan fingerprint density at radius 1 is 0.862 bits per heavy atom. The summed E-state index contributed by atoms with van der Waals surface area (Å²) in [6.45, 7) is 0. The Balaban J connectivity index is 1.78. The summed E-state index contributed by atoms with van der Waals surface area (Å²) < 4.78 is 0. The third kappa shape index (κ3) is 4.96. The number of hydrogen-bond donors (Lipinski definition) is 4. The molecule has 0 heterocycles. The van der Waals surface area contributed by atoms with Gasteiger partial charge in [-0.3, -0.25) is 4.79 Å². The first-order valence-electron chi connectivity index (χ1n) is 9.25. The Morgan fingerprint density at radius 2 is 1.55 bits per heavy atom. The number of carbonyl (C=O) groups is 1. The SMILES string of the molecule is O=C(CCc1ccccc1)c1c(O)cc(O)c(C/C=C/c2ccc(O)cc2)c1O. The molecular weight excluding hydrogens is 368 g/mol. The second-order valence-corrected chi connectivity index (χ2v) is 6.72. The standard InChI is InChI=1S/C24H22O5/c25-18-12-9-17(10-13-18)7-4-8-19-21(27)15-22(28)23(24(19)29)20(26)14-11-16-5-2-1-3-6-16/h1-7,9-10,12-13,15,25,27-29H,8,11,14H2/b7-4+. The van der Waals surface area contributed by atoms with Crippen LogP contribution in [-0.2, 0) is 12.8 Å². The second kappa shape index (κ2) is 8.97. The molecule has 5 nitrogen and oxygen atoms in total. The van der Waals surface area contributed by atoms with Crippen molar-refractivity contribution in [2.24, 2.45) is 0 Å². The van der Waals surface area contributed by atoms with Gasteiger partial charge in [0.1, 0.15) is 28.6 Å². The number of hydrogen-bond acceptors (Lipinski definition) is 5. The largest absolute Gasteiger partial charge is 0.508 e. The molecule has 0 aliphatic rings. The van der Waals surface area contributed by atoms with E-state index in [1.807, 2.05) is 30.3 Å². The van der Waals surface area contributed by atoms with Gasteiger partial charge in [0.15, 0.2) is 5.78 Å². The lowest BCUT2D eigenvalue weighted by molar-refractivity contribution is 0.0977. The van der Waals surface area contributed by atoms with Gasteiger partial charge < -0.3 is 20.4 Å².